The van der Waals surface area contributed by atoms with Crippen LogP contribution in [-0.4, -0.2) is 42.8 Å². The summed E-state index contributed by atoms with van der Waals surface area (Å²) in [4.78, 5) is 9.24. The first kappa shape index (κ1) is 9.80. The predicted molar refractivity (Wildman–Crippen MR) is 24.1 cm³/mol. The zero-order valence-electron chi connectivity index (χ0n) is 3.02. The Morgan fingerprint density at radius 1 is 1.83 bits per heavy atom. The molecule has 0 aromatic heterocycles. The van der Waals surface area contributed by atoms with Gasteiger partial charge >= 0.3 is 5.97 Å². The maximum absolute atomic E-state index is 9.24. The van der Waals surface area contributed by atoms with Crippen LogP contribution in [0, 0.1) is 0 Å². The summed E-state index contributed by atoms with van der Waals surface area (Å²) in [5.41, 5.74) is 0. The van der Waals surface area contributed by atoms with Crippen LogP contribution in [0.3, 0.4) is 0 Å². The van der Waals surface area contributed by atoms with Crippen LogP contribution < -0.4 is 0 Å². The molecule has 0 spiro atoms. The largest absolute Gasteiger partial charge is 0.480 e. The average Bonchev–Trinajstić information content (AvgIpc) is 1.38. The quantitative estimate of drug-likeness (QED) is 0.614. The van der Waals surface area contributed by atoms with Crippen LogP contribution in [0.5, 0.6) is 0 Å². The smallest absolute Gasteiger partial charge is 0.318 e. The molecule has 0 heterocycles. The van der Waals surface area contributed by atoms with Crippen molar-refractivity contribution in [1.82, 2.24) is 0 Å². The summed E-state index contributed by atoms with van der Waals surface area (Å²) in [7, 11) is 0. The van der Waals surface area contributed by atoms with E-state index in [-0.39, 0.29) is 31.7 Å². The minimum absolute atomic E-state index is 0. The zero-order valence-corrected chi connectivity index (χ0v) is 7.07. The molecule has 0 fully saturated rings. The van der Waals surface area contributed by atoms with Gasteiger partial charge in [-0.3, -0.25) is 4.79 Å². The van der Waals surface area contributed by atoms with Crippen LogP contribution in [0.15, 0.2) is 0 Å². The van der Waals surface area contributed by atoms with Gasteiger partial charge in [0.1, 0.15) is 5.88 Å². The van der Waals surface area contributed by atoms with Crippen molar-refractivity contribution in [3.8, 4) is 0 Å². The van der Waals surface area contributed by atoms with Gasteiger partial charge in [-0.1, -0.05) is 0 Å². The van der Waals surface area contributed by atoms with Crippen LogP contribution >= 0.6 is 11.6 Å². The van der Waals surface area contributed by atoms with Gasteiger partial charge in [0.05, 0.1) is 0 Å². The topological polar surface area (TPSA) is 37.3 Å². The number of carbonyl (C=O) groups is 1. The van der Waals surface area contributed by atoms with E-state index in [0.29, 0.717) is 0 Å². The van der Waals surface area contributed by atoms with Gasteiger partial charge in [0.25, 0.3) is 0 Å². The monoisotopic (exact) mass is 209 g/mol. The van der Waals surface area contributed by atoms with E-state index < -0.39 is 5.97 Å². The normalized spacial score (nSPS) is 6.17. The molecule has 0 aromatic carbocycles. The van der Waals surface area contributed by atoms with Gasteiger partial charge < -0.3 is 5.11 Å². The van der Waals surface area contributed by atoms with E-state index in [0.717, 1.165) is 0 Å². The van der Waals surface area contributed by atoms with Gasteiger partial charge in [0.2, 0.25) is 0 Å². The van der Waals surface area contributed by atoms with Crippen molar-refractivity contribution in [2.24, 2.45) is 0 Å². The minimum atomic E-state index is -0.980. The van der Waals surface area contributed by atoms with E-state index in [4.69, 9.17) is 16.7 Å². The first-order valence-electron chi connectivity index (χ1n) is 1.05. The fraction of sp³-hybridized carbons (Fsp3) is 0.500. The van der Waals surface area contributed by atoms with Crippen molar-refractivity contribution in [3.63, 3.8) is 0 Å². The van der Waals surface area contributed by atoms with Crippen LogP contribution in [0.25, 0.3) is 0 Å². The van der Waals surface area contributed by atoms with Crippen LogP contribution in [0.1, 0.15) is 0 Å². The molecule has 4 heteroatoms. The fourth-order valence-corrected chi connectivity index (χ4v) is 0. The van der Waals surface area contributed by atoms with Gasteiger partial charge in [-0.25, -0.2) is 0 Å². The van der Waals surface area contributed by atoms with Crippen molar-refractivity contribution in [3.05, 3.63) is 0 Å². The molecule has 0 atom stereocenters. The number of alkyl halides is 1. The molecule has 0 saturated heterocycles. The van der Waals surface area contributed by atoms with Crippen LogP contribution in [0.4, 0.5) is 0 Å². The van der Waals surface area contributed by atoms with Crippen molar-refractivity contribution in [1.29, 1.82) is 0 Å². The molecular weight excluding hydrogens is 206 g/mol. The molecule has 3 radical (unpaired) electrons. The van der Waals surface area contributed by atoms with Crippen LogP contribution in [-0.2, 0) is 4.79 Å². The number of rotatable bonds is 1. The zero-order chi connectivity index (χ0) is 4.28. The molecular formula is C2H3ClInO2. The van der Waals surface area contributed by atoms with E-state index in [1.165, 1.54) is 0 Å². The molecule has 2 nitrogen and oxygen atoms in total. The summed E-state index contributed by atoms with van der Waals surface area (Å²) in [5, 5.41) is 7.59. The number of carboxylic acid groups (broad SMARTS) is 1. The number of carboxylic acids is 1. The summed E-state index contributed by atoms with van der Waals surface area (Å²) in [6, 6.07) is 0. The van der Waals surface area contributed by atoms with Crippen LogP contribution in [0.2, 0.25) is 0 Å². The SMILES string of the molecule is O=C(O)CCl.[In]. The molecule has 0 aliphatic rings. The summed E-state index contributed by atoms with van der Waals surface area (Å²) in [5.74, 6) is -1.29. The number of aliphatic carboxylic acids is 1. The summed E-state index contributed by atoms with van der Waals surface area (Å²) < 4.78 is 0. The Morgan fingerprint density at radius 2 is 2.00 bits per heavy atom. The molecule has 6 heavy (non-hydrogen) atoms. The minimum Gasteiger partial charge on any atom is -0.480 e. The van der Waals surface area contributed by atoms with E-state index in [9.17, 15) is 4.79 Å². The molecule has 0 aliphatic carbocycles. The Balaban J connectivity index is 0. The third-order valence-corrected chi connectivity index (χ3v) is 0.343. The molecule has 0 saturated carbocycles. The van der Waals surface area contributed by atoms with Gasteiger partial charge in [0, 0.05) is 25.8 Å². The standard InChI is InChI=1S/C2H3ClO2.In/c3-1-2(4)5;/h1H2,(H,4,5);. The third-order valence-electron chi connectivity index (χ3n) is 0.114. The third kappa shape index (κ3) is 8.82. The Bertz CT molecular complexity index is 46.8. The summed E-state index contributed by atoms with van der Waals surface area (Å²) in [6.45, 7) is 0. The Morgan fingerprint density at radius 3 is 2.00 bits per heavy atom. The van der Waals surface area contributed by atoms with Crippen molar-refractivity contribution in [2.45, 2.75) is 0 Å². The fourth-order valence-electron chi connectivity index (χ4n) is 0. The summed E-state index contributed by atoms with van der Waals surface area (Å²) >= 11 is 4.74. The number of hydrogen-bond acceptors (Lipinski definition) is 1. The summed E-state index contributed by atoms with van der Waals surface area (Å²) in [6.07, 6.45) is 0. The van der Waals surface area contributed by atoms with Gasteiger partial charge in [-0.05, 0) is 0 Å². The van der Waals surface area contributed by atoms with Crippen molar-refractivity contribution in [2.75, 3.05) is 5.88 Å². The second-order valence-electron chi connectivity index (χ2n) is 0.527. The molecule has 1 N–H and O–H groups in total. The number of halogens is 1. The van der Waals surface area contributed by atoms with Gasteiger partial charge in [0.15, 0.2) is 0 Å². The average molecular weight is 209 g/mol. The first-order valence-corrected chi connectivity index (χ1v) is 1.58. The Labute approximate surface area is 59.3 Å². The van der Waals surface area contributed by atoms with E-state index >= 15 is 0 Å². The maximum atomic E-state index is 9.24. The van der Waals surface area contributed by atoms with E-state index in [2.05, 4.69) is 0 Å². The van der Waals surface area contributed by atoms with Crippen molar-refractivity contribution >= 4 is 43.4 Å². The second-order valence-corrected chi connectivity index (χ2v) is 0.795. The van der Waals surface area contributed by atoms with Crippen molar-refractivity contribution < 1.29 is 9.90 Å². The van der Waals surface area contributed by atoms with E-state index in [1.54, 1.807) is 0 Å². The Kier molecular flexibility index (Phi) is 9.20. The molecule has 0 rings (SSSR count). The molecule has 0 aliphatic heterocycles. The molecule has 0 amide bonds. The second kappa shape index (κ2) is 5.63. The Hall–Kier alpha value is 0.630. The van der Waals surface area contributed by atoms with Gasteiger partial charge in [-0.2, -0.15) is 0 Å². The molecule has 0 bridgehead atoms. The predicted octanol–water partition coefficient (Wildman–Crippen LogP) is -0.0710. The number of hydrogen-bond donors (Lipinski definition) is 1. The molecule has 0 aromatic rings. The maximum Gasteiger partial charge on any atom is 0.318 e. The molecule has 0 unspecified atom stereocenters. The van der Waals surface area contributed by atoms with E-state index in [1.807, 2.05) is 0 Å². The molecule has 33 valence electrons. The van der Waals surface area contributed by atoms with Gasteiger partial charge in [-0.15, -0.1) is 11.6 Å². The first-order chi connectivity index (χ1) is 2.27.